The van der Waals surface area contributed by atoms with Crippen LogP contribution in [0.25, 0.3) is 0 Å². The highest BCUT2D eigenvalue weighted by atomic mass is 16.6. The molecule has 1 heterocycles. The molecule has 0 spiro atoms. The SMILES string of the molecule is O=C1OCCN1C(=O)C1C[C@@H]2C=C[C@H]1C2. The lowest BCUT2D eigenvalue weighted by molar-refractivity contribution is -0.132. The molecule has 1 saturated carbocycles. The number of cyclic esters (lactones) is 1. The number of rotatable bonds is 1. The van der Waals surface area contributed by atoms with Crippen LogP contribution in [0.4, 0.5) is 4.79 Å². The maximum absolute atomic E-state index is 12.0. The topological polar surface area (TPSA) is 46.6 Å². The van der Waals surface area contributed by atoms with Crippen LogP contribution in [0.3, 0.4) is 0 Å². The summed E-state index contributed by atoms with van der Waals surface area (Å²) in [4.78, 5) is 24.5. The van der Waals surface area contributed by atoms with Gasteiger partial charge in [0.15, 0.2) is 0 Å². The molecule has 3 atom stereocenters. The first-order valence-electron chi connectivity index (χ1n) is 5.42. The van der Waals surface area contributed by atoms with Crippen molar-refractivity contribution < 1.29 is 14.3 Å². The summed E-state index contributed by atoms with van der Waals surface area (Å²) in [6.45, 7) is 0.774. The Kier molecular flexibility index (Phi) is 1.84. The fraction of sp³-hybridized carbons (Fsp3) is 0.636. The molecular formula is C11H13NO3. The summed E-state index contributed by atoms with van der Waals surface area (Å²) in [7, 11) is 0. The van der Waals surface area contributed by atoms with Crippen LogP contribution in [0.2, 0.25) is 0 Å². The van der Waals surface area contributed by atoms with Crippen LogP contribution in [0.5, 0.6) is 0 Å². The molecule has 0 aromatic carbocycles. The molecule has 2 aliphatic carbocycles. The lowest BCUT2D eigenvalue weighted by atomic mass is 9.92. The monoisotopic (exact) mass is 207 g/mol. The van der Waals surface area contributed by atoms with Crippen LogP contribution in [0.1, 0.15) is 12.8 Å². The van der Waals surface area contributed by atoms with Crippen molar-refractivity contribution in [2.45, 2.75) is 12.8 Å². The van der Waals surface area contributed by atoms with Crippen LogP contribution in [-0.2, 0) is 9.53 Å². The third-order valence-corrected chi connectivity index (χ3v) is 3.62. The Morgan fingerprint density at radius 1 is 1.40 bits per heavy atom. The summed E-state index contributed by atoms with van der Waals surface area (Å²) in [5.74, 6) is 0.901. The van der Waals surface area contributed by atoms with Gasteiger partial charge in [-0.15, -0.1) is 0 Å². The zero-order valence-electron chi connectivity index (χ0n) is 8.39. The normalized spacial score (nSPS) is 37.5. The molecule has 1 saturated heterocycles. The molecule has 1 aliphatic heterocycles. The number of nitrogens with zero attached hydrogens (tertiary/aromatic N) is 1. The summed E-state index contributed by atoms with van der Waals surface area (Å²) in [6.07, 6.45) is 5.84. The predicted octanol–water partition coefficient (Wildman–Crippen LogP) is 1.18. The largest absolute Gasteiger partial charge is 0.447 e. The number of carbonyl (C=O) groups is 2. The fourth-order valence-corrected chi connectivity index (χ4v) is 2.86. The lowest BCUT2D eigenvalue weighted by Crippen LogP contribution is -2.38. The second-order valence-electron chi connectivity index (χ2n) is 4.49. The summed E-state index contributed by atoms with van der Waals surface area (Å²) < 4.78 is 4.77. The van der Waals surface area contributed by atoms with E-state index in [1.807, 2.05) is 0 Å². The first-order chi connectivity index (χ1) is 7.25. The molecule has 4 nitrogen and oxygen atoms in total. The molecule has 0 N–H and O–H groups in total. The first kappa shape index (κ1) is 8.95. The molecule has 3 rings (SSSR count). The van der Waals surface area contributed by atoms with Gasteiger partial charge in [0.2, 0.25) is 5.91 Å². The van der Waals surface area contributed by atoms with E-state index in [9.17, 15) is 9.59 Å². The van der Waals surface area contributed by atoms with Gasteiger partial charge in [0, 0.05) is 5.92 Å². The smallest absolute Gasteiger partial charge is 0.416 e. The highest BCUT2D eigenvalue weighted by molar-refractivity contribution is 5.94. The molecule has 2 amide bonds. The average Bonchev–Trinajstić information content (AvgIpc) is 2.91. The van der Waals surface area contributed by atoms with E-state index in [-0.39, 0.29) is 11.8 Å². The Morgan fingerprint density at radius 3 is 2.80 bits per heavy atom. The molecule has 4 heteroatoms. The predicted molar refractivity (Wildman–Crippen MR) is 51.9 cm³/mol. The van der Waals surface area contributed by atoms with Gasteiger partial charge in [0.05, 0.1) is 6.54 Å². The molecule has 3 aliphatic rings. The van der Waals surface area contributed by atoms with E-state index in [4.69, 9.17) is 4.74 Å². The van der Waals surface area contributed by atoms with Crippen molar-refractivity contribution in [1.29, 1.82) is 0 Å². The summed E-state index contributed by atoms with van der Waals surface area (Å²) >= 11 is 0. The van der Waals surface area contributed by atoms with E-state index < -0.39 is 6.09 Å². The van der Waals surface area contributed by atoms with Crippen LogP contribution < -0.4 is 0 Å². The second kappa shape index (κ2) is 3.08. The maximum atomic E-state index is 12.0. The molecule has 0 aromatic rings. The minimum absolute atomic E-state index is 0.0191. The van der Waals surface area contributed by atoms with Crippen molar-refractivity contribution in [2.75, 3.05) is 13.2 Å². The Morgan fingerprint density at radius 2 is 2.27 bits per heavy atom. The van der Waals surface area contributed by atoms with Gasteiger partial charge in [0.1, 0.15) is 6.61 Å². The standard InChI is InChI=1S/C11H13NO3/c13-10(12-3-4-15-11(12)14)9-6-7-1-2-8(9)5-7/h1-2,7-9H,3-6H2/t7-,8+,9?/m1/s1. The Labute approximate surface area is 87.9 Å². The Bertz CT molecular complexity index is 350. The van der Waals surface area contributed by atoms with E-state index in [0.29, 0.717) is 25.0 Å². The quantitative estimate of drug-likeness (QED) is 0.606. The third-order valence-electron chi connectivity index (χ3n) is 3.62. The molecule has 0 radical (unpaired) electrons. The fourth-order valence-electron chi connectivity index (χ4n) is 2.86. The van der Waals surface area contributed by atoms with E-state index in [2.05, 4.69) is 12.2 Å². The van der Waals surface area contributed by atoms with Crippen LogP contribution >= 0.6 is 0 Å². The number of ether oxygens (including phenoxy) is 1. The third kappa shape index (κ3) is 1.28. The van der Waals surface area contributed by atoms with Crippen molar-refractivity contribution in [3.05, 3.63) is 12.2 Å². The van der Waals surface area contributed by atoms with Crippen molar-refractivity contribution in [3.63, 3.8) is 0 Å². The van der Waals surface area contributed by atoms with Crippen molar-refractivity contribution in [3.8, 4) is 0 Å². The molecule has 2 fully saturated rings. The molecule has 80 valence electrons. The van der Waals surface area contributed by atoms with Gasteiger partial charge < -0.3 is 4.74 Å². The van der Waals surface area contributed by atoms with Crippen LogP contribution in [0, 0.1) is 17.8 Å². The minimum Gasteiger partial charge on any atom is -0.447 e. The van der Waals surface area contributed by atoms with Gasteiger partial charge in [-0.2, -0.15) is 0 Å². The maximum Gasteiger partial charge on any atom is 0.416 e. The Balaban J connectivity index is 1.75. The minimum atomic E-state index is -0.466. The van der Waals surface area contributed by atoms with Gasteiger partial charge in [-0.3, -0.25) is 4.79 Å². The summed E-state index contributed by atoms with van der Waals surface area (Å²) in [5, 5.41) is 0. The van der Waals surface area contributed by atoms with E-state index >= 15 is 0 Å². The Hall–Kier alpha value is -1.32. The summed E-state index contributed by atoms with van der Waals surface area (Å²) in [6, 6.07) is 0. The molecular weight excluding hydrogens is 194 g/mol. The highest BCUT2D eigenvalue weighted by Gasteiger charge is 2.43. The van der Waals surface area contributed by atoms with Crippen molar-refractivity contribution >= 4 is 12.0 Å². The van der Waals surface area contributed by atoms with E-state index in [1.165, 1.54) is 4.90 Å². The average molecular weight is 207 g/mol. The van der Waals surface area contributed by atoms with Crippen molar-refractivity contribution in [1.82, 2.24) is 4.90 Å². The van der Waals surface area contributed by atoms with Crippen molar-refractivity contribution in [2.24, 2.45) is 17.8 Å². The molecule has 2 bridgehead atoms. The number of fused-ring (bicyclic) bond motifs is 2. The van der Waals surface area contributed by atoms with Gasteiger partial charge in [-0.25, -0.2) is 9.69 Å². The van der Waals surface area contributed by atoms with Crippen LogP contribution in [0.15, 0.2) is 12.2 Å². The first-order valence-corrected chi connectivity index (χ1v) is 5.42. The zero-order valence-corrected chi connectivity index (χ0v) is 8.39. The summed E-state index contributed by atoms with van der Waals surface area (Å²) in [5.41, 5.74) is 0. The van der Waals surface area contributed by atoms with Gasteiger partial charge in [-0.1, -0.05) is 12.2 Å². The zero-order chi connectivity index (χ0) is 10.4. The van der Waals surface area contributed by atoms with E-state index in [0.717, 1.165) is 12.8 Å². The molecule has 0 aromatic heterocycles. The second-order valence-corrected chi connectivity index (χ2v) is 4.49. The number of allylic oxidation sites excluding steroid dienone is 2. The number of hydrogen-bond acceptors (Lipinski definition) is 3. The molecule has 1 unspecified atom stereocenters. The number of imide groups is 1. The number of carbonyl (C=O) groups excluding carboxylic acids is 2. The van der Waals surface area contributed by atoms with E-state index in [1.54, 1.807) is 0 Å². The number of amides is 2. The lowest BCUT2D eigenvalue weighted by Gasteiger charge is -2.20. The van der Waals surface area contributed by atoms with Gasteiger partial charge in [0.25, 0.3) is 0 Å². The highest BCUT2D eigenvalue weighted by Crippen LogP contribution is 2.44. The van der Waals surface area contributed by atoms with Gasteiger partial charge in [-0.05, 0) is 24.7 Å². The van der Waals surface area contributed by atoms with Gasteiger partial charge >= 0.3 is 6.09 Å². The molecule has 15 heavy (non-hydrogen) atoms. The van der Waals surface area contributed by atoms with Crippen LogP contribution in [-0.4, -0.2) is 30.1 Å². The number of hydrogen-bond donors (Lipinski definition) is 0.